The van der Waals surface area contributed by atoms with Crippen molar-refractivity contribution < 1.29 is 14.4 Å². The van der Waals surface area contributed by atoms with E-state index in [1.54, 1.807) is 12.1 Å². The van der Waals surface area contributed by atoms with E-state index in [1.807, 2.05) is 43.3 Å². The van der Waals surface area contributed by atoms with Crippen LogP contribution in [0.1, 0.15) is 18.9 Å². The molecule has 5 nitrogen and oxygen atoms in total. The molecule has 24 heavy (non-hydrogen) atoms. The largest absolute Gasteiger partial charge is 0.493 e. The Labute approximate surface area is 149 Å². The highest BCUT2D eigenvalue weighted by Crippen LogP contribution is 2.22. The first-order valence-corrected chi connectivity index (χ1v) is 8.41. The number of nitrogens with zero attached hydrogens (tertiary/aromatic N) is 1. The van der Waals surface area contributed by atoms with Gasteiger partial charge in [0.1, 0.15) is 5.75 Å². The SMILES string of the molecule is CCCOc1ccc(Br)cc1C=NOCC(=O)Nc1ccccc1. The number of carbonyl (C=O) groups is 1. The molecule has 1 N–H and O–H groups in total. The monoisotopic (exact) mass is 390 g/mol. The van der Waals surface area contributed by atoms with Crippen molar-refractivity contribution in [1.29, 1.82) is 0 Å². The van der Waals surface area contributed by atoms with Gasteiger partial charge in [0, 0.05) is 15.7 Å². The van der Waals surface area contributed by atoms with Crippen LogP contribution in [0, 0.1) is 0 Å². The van der Waals surface area contributed by atoms with Crippen LogP contribution in [0.5, 0.6) is 5.75 Å². The zero-order valence-electron chi connectivity index (χ0n) is 13.4. The molecule has 0 saturated heterocycles. The highest BCUT2D eigenvalue weighted by Gasteiger charge is 2.04. The predicted molar refractivity (Wildman–Crippen MR) is 98.5 cm³/mol. The van der Waals surface area contributed by atoms with Crippen LogP contribution in [0.15, 0.2) is 58.2 Å². The maximum absolute atomic E-state index is 11.7. The first-order chi connectivity index (χ1) is 11.7. The van der Waals surface area contributed by atoms with Gasteiger partial charge < -0.3 is 14.9 Å². The van der Waals surface area contributed by atoms with Crippen LogP contribution in [0.4, 0.5) is 5.69 Å². The van der Waals surface area contributed by atoms with Crippen LogP contribution >= 0.6 is 15.9 Å². The maximum Gasteiger partial charge on any atom is 0.265 e. The van der Waals surface area contributed by atoms with Crippen molar-refractivity contribution in [1.82, 2.24) is 0 Å². The number of hydrogen-bond acceptors (Lipinski definition) is 4. The molecule has 2 aromatic rings. The minimum atomic E-state index is -0.268. The molecule has 0 aromatic heterocycles. The van der Waals surface area contributed by atoms with E-state index >= 15 is 0 Å². The van der Waals surface area contributed by atoms with Gasteiger partial charge in [-0.05, 0) is 36.8 Å². The number of hydrogen-bond donors (Lipinski definition) is 1. The molecular formula is C18H19BrN2O3. The number of halogens is 1. The summed E-state index contributed by atoms with van der Waals surface area (Å²) in [5.41, 5.74) is 1.50. The van der Waals surface area contributed by atoms with Crippen LogP contribution < -0.4 is 10.1 Å². The molecule has 0 aliphatic heterocycles. The van der Waals surface area contributed by atoms with Crippen LogP contribution in [-0.4, -0.2) is 25.3 Å². The quantitative estimate of drug-likeness (QED) is 0.541. The van der Waals surface area contributed by atoms with Gasteiger partial charge in [0.15, 0.2) is 6.61 Å². The van der Waals surface area contributed by atoms with Gasteiger partial charge in [-0.1, -0.05) is 46.2 Å². The second-order valence-corrected chi connectivity index (χ2v) is 5.87. The molecule has 0 spiro atoms. The van der Waals surface area contributed by atoms with E-state index in [1.165, 1.54) is 6.21 Å². The number of nitrogens with one attached hydrogen (secondary N) is 1. The number of rotatable bonds is 8. The van der Waals surface area contributed by atoms with Crippen LogP contribution in [0.3, 0.4) is 0 Å². The van der Waals surface area contributed by atoms with Gasteiger partial charge in [-0.15, -0.1) is 0 Å². The maximum atomic E-state index is 11.7. The zero-order chi connectivity index (χ0) is 17.2. The molecule has 0 aliphatic rings. The van der Waals surface area contributed by atoms with Crippen LogP contribution in [-0.2, 0) is 9.63 Å². The molecule has 0 radical (unpaired) electrons. The fraction of sp³-hybridized carbons (Fsp3) is 0.222. The minimum absolute atomic E-state index is 0.162. The molecular weight excluding hydrogens is 372 g/mol. The topological polar surface area (TPSA) is 59.9 Å². The second-order valence-electron chi connectivity index (χ2n) is 4.95. The van der Waals surface area contributed by atoms with Crippen molar-refractivity contribution >= 4 is 33.7 Å². The van der Waals surface area contributed by atoms with E-state index < -0.39 is 0 Å². The lowest BCUT2D eigenvalue weighted by Gasteiger charge is -2.08. The molecule has 0 saturated carbocycles. The molecule has 6 heteroatoms. The fourth-order valence-corrected chi connectivity index (χ4v) is 2.25. The van der Waals surface area contributed by atoms with Crippen molar-refractivity contribution in [2.75, 3.05) is 18.5 Å². The summed E-state index contributed by atoms with van der Waals surface area (Å²) in [5.74, 6) is 0.455. The second kappa shape index (κ2) is 9.72. The molecule has 0 atom stereocenters. The highest BCUT2D eigenvalue weighted by molar-refractivity contribution is 9.10. The molecule has 0 bridgehead atoms. The Hall–Kier alpha value is -2.34. The van der Waals surface area contributed by atoms with E-state index in [4.69, 9.17) is 9.57 Å². The number of para-hydroxylation sites is 1. The molecule has 2 aromatic carbocycles. The first kappa shape index (κ1) is 18.0. The summed E-state index contributed by atoms with van der Waals surface area (Å²) in [6.45, 7) is 2.51. The number of oxime groups is 1. The third kappa shape index (κ3) is 6.04. The average molecular weight is 391 g/mol. The Morgan fingerprint density at radius 3 is 2.79 bits per heavy atom. The minimum Gasteiger partial charge on any atom is -0.493 e. The van der Waals surface area contributed by atoms with Gasteiger partial charge in [-0.2, -0.15) is 0 Å². The Morgan fingerprint density at radius 1 is 1.25 bits per heavy atom. The summed E-state index contributed by atoms with van der Waals surface area (Å²) < 4.78 is 6.56. The zero-order valence-corrected chi connectivity index (χ0v) is 15.0. The molecule has 0 unspecified atom stereocenters. The van der Waals surface area contributed by atoms with Gasteiger partial charge in [0.2, 0.25) is 0 Å². The summed E-state index contributed by atoms with van der Waals surface area (Å²) >= 11 is 3.41. The molecule has 126 valence electrons. The summed E-state index contributed by atoms with van der Waals surface area (Å²) in [7, 11) is 0. The van der Waals surface area contributed by atoms with Crippen LogP contribution in [0.25, 0.3) is 0 Å². The van der Waals surface area contributed by atoms with Crippen LogP contribution in [0.2, 0.25) is 0 Å². The highest BCUT2D eigenvalue weighted by atomic mass is 79.9. The summed E-state index contributed by atoms with van der Waals surface area (Å²) in [6.07, 6.45) is 2.45. The smallest absolute Gasteiger partial charge is 0.265 e. The number of carbonyl (C=O) groups excluding carboxylic acids is 1. The van der Waals surface area contributed by atoms with Gasteiger partial charge in [0.25, 0.3) is 5.91 Å². The third-order valence-electron chi connectivity index (χ3n) is 2.95. The van der Waals surface area contributed by atoms with Gasteiger partial charge >= 0.3 is 0 Å². The van der Waals surface area contributed by atoms with E-state index in [2.05, 4.69) is 26.4 Å². The Balaban J connectivity index is 1.87. The molecule has 0 fully saturated rings. The fourth-order valence-electron chi connectivity index (χ4n) is 1.87. The van der Waals surface area contributed by atoms with E-state index in [-0.39, 0.29) is 12.5 Å². The molecule has 2 rings (SSSR count). The summed E-state index contributed by atoms with van der Waals surface area (Å²) in [5, 5.41) is 6.57. The van der Waals surface area contributed by atoms with E-state index in [9.17, 15) is 4.79 Å². The Bertz CT molecular complexity index is 690. The number of amides is 1. The predicted octanol–water partition coefficient (Wildman–Crippen LogP) is 4.23. The van der Waals surface area contributed by atoms with E-state index in [0.29, 0.717) is 6.61 Å². The first-order valence-electron chi connectivity index (χ1n) is 7.61. The van der Waals surface area contributed by atoms with E-state index in [0.717, 1.165) is 27.9 Å². The summed E-state index contributed by atoms with van der Waals surface area (Å²) in [6, 6.07) is 14.8. The lowest BCUT2D eigenvalue weighted by atomic mass is 10.2. The van der Waals surface area contributed by atoms with Crippen molar-refractivity contribution in [3.63, 3.8) is 0 Å². The molecule has 0 aliphatic carbocycles. The van der Waals surface area contributed by atoms with Gasteiger partial charge in [-0.3, -0.25) is 4.79 Å². The summed E-state index contributed by atoms with van der Waals surface area (Å²) in [4.78, 5) is 16.8. The van der Waals surface area contributed by atoms with Gasteiger partial charge in [0.05, 0.1) is 12.8 Å². The standard InChI is InChI=1S/C18H19BrN2O3/c1-2-10-23-17-9-8-15(19)11-14(17)12-20-24-13-18(22)21-16-6-4-3-5-7-16/h3-9,11-12H,2,10,13H2,1H3,(H,21,22). The Morgan fingerprint density at radius 2 is 2.04 bits per heavy atom. The Kier molecular flexibility index (Phi) is 7.29. The van der Waals surface area contributed by atoms with Crippen molar-refractivity contribution in [2.45, 2.75) is 13.3 Å². The number of ether oxygens (including phenoxy) is 1. The third-order valence-corrected chi connectivity index (χ3v) is 3.45. The number of anilines is 1. The lowest BCUT2D eigenvalue weighted by molar-refractivity contribution is -0.120. The molecule has 0 heterocycles. The van der Waals surface area contributed by atoms with Crippen molar-refractivity contribution in [2.24, 2.45) is 5.16 Å². The normalized spacial score (nSPS) is 10.6. The van der Waals surface area contributed by atoms with Crippen molar-refractivity contribution in [3.8, 4) is 5.75 Å². The molecule has 1 amide bonds. The van der Waals surface area contributed by atoms with Gasteiger partial charge in [-0.25, -0.2) is 0 Å². The number of benzene rings is 2. The van der Waals surface area contributed by atoms with Crippen molar-refractivity contribution in [3.05, 3.63) is 58.6 Å². The lowest BCUT2D eigenvalue weighted by Crippen LogP contribution is -2.16. The average Bonchev–Trinajstić information content (AvgIpc) is 2.59.